The van der Waals surface area contributed by atoms with Gasteiger partial charge in [0.05, 0.1) is 27.2 Å². The van der Waals surface area contributed by atoms with Crippen molar-refractivity contribution in [3.05, 3.63) is 0 Å². The fourth-order valence-electron chi connectivity index (χ4n) is 4.17. The number of rotatable bonds is 22. The summed E-state index contributed by atoms with van der Waals surface area (Å²) in [6.07, 6.45) is 29.0. The number of nitrogens with zero attached hydrogens (tertiary/aromatic N) is 1. The Morgan fingerprint density at radius 2 is 0.621 bits per heavy atom. The molecule has 0 fully saturated rings. The lowest BCUT2D eigenvalue weighted by Gasteiger charge is -2.30. The maximum absolute atomic E-state index is 8.06. The summed E-state index contributed by atoms with van der Waals surface area (Å²) in [6, 6.07) is 0. The molecule has 0 saturated heterocycles. The van der Waals surface area contributed by atoms with Crippen LogP contribution in [0.3, 0.4) is 0 Å². The summed E-state index contributed by atoms with van der Waals surface area (Å²) in [7, 11) is 4.89. The molecule has 0 aliphatic carbocycles. The van der Waals surface area contributed by atoms with Crippen LogP contribution in [0.25, 0.3) is 0 Å². The molecule has 178 valence electrons. The molecule has 0 aromatic rings. The molecule has 2 nitrogen and oxygen atoms in total. The third kappa shape index (κ3) is 28.4. The van der Waals surface area contributed by atoms with E-state index >= 15 is 0 Å². The SMILES string of the molecule is CCCCCCCCCCCC[N+](C)(C)CCCCCCCCCCCC.[O-]Br. The van der Waals surface area contributed by atoms with E-state index in [0.29, 0.717) is 0 Å². The minimum atomic E-state index is 1.24. The number of hydrogen-bond acceptors (Lipinski definition) is 1. The van der Waals surface area contributed by atoms with Gasteiger partial charge in [-0.05, 0) is 25.7 Å². The van der Waals surface area contributed by atoms with E-state index in [1.54, 1.807) is 16.3 Å². The van der Waals surface area contributed by atoms with E-state index in [1.165, 1.54) is 146 Å². The zero-order valence-corrected chi connectivity index (χ0v) is 22.4. The first-order chi connectivity index (χ1) is 14.1. The molecule has 0 aliphatic rings. The first-order valence-corrected chi connectivity index (χ1v) is 13.7. The summed E-state index contributed by atoms with van der Waals surface area (Å²) in [5.41, 5.74) is 0. The molecular weight excluding hydrogens is 422 g/mol. The number of quaternary nitrogens is 1. The summed E-state index contributed by atoms with van der Waals surface area (Å²) < 4.78 is 9.31. The predicted octanol–water partition coefficient (Wildman–Crippen LogP) is 8.56. The molecule has 0 aromatic heterocycles. The fraction of sp³-hybridized carbons (Fsp3) is 1.00. The molecule has 3 heteroatoms. The smallest absolute Gasteiger partial charge is 0.0782 e. The van der Waals surface area contributed by atoms with Gasteiger partial charge in [0.1, 0.15) is 0 Å². The third-order valence-corrected chi connectivity index (χ3v) is 6.23. The molecule has 0 spiro atoms. The van der Waals surface area contributed by atoms with E-state index in [0.717, 1.165) is 0 Å². The topological polar surface area (TPSA) is 23.1 Å². The second kappa shape index (κ2) is 26.4. The predicted molar refractivity (Wildman–Crippen MR) is 134 cm³/mol. The normalized spacial score (nSPS) is 11.4. The van der Waals surface area contributed by atoms with Crippen molar-refractivity contribution in [1.82, 2.24) is 0 Å². The largest absolute Gasteiger partial charge is 0.791 e. The Balaban J connectivity index is 0. The molecule has 0 unspecified atom stereocenters. The van der Waals surface area contributed by atoms with Crippen molar-refractivity contribution in [2.45, 2.75) is 142 Å². The van der Waals surface area contributed by atoms with E-state index in [4.69, 9.17) is 4.20 Å². The highest BCUT2D eigenvalue weighted by Gasteiger charge is 2.13. The van der Waals surface area contributed by atoms with Gasteiger partial charge in [-0.1, -0.05) is 117 Å². The lowest BCUT2D eigenvalue weighted by molar-refractivity contribution is -0.890. The van der Waals surface area contributed by atoms with Crippen LogP contribution in [-0.4, -0.2) is 31.7 Å². The first kappa shape index (κ1) is 31.6. The number of halogens is 1. The van der Waals surface area contributed by atoms with Gasteiger partial charge in [-0.3, -0.25) is 0 Å². The molecule has 0 atom stereocenters. The van der Waals surface area contributed by atoms with Crippen LogP contribution < -0.4 is 4.20 Å². The van der Waals surface area contributed by atoms with E-state index in [1.807, 2.05) is 0 Å². The highest BCUT2D eigenvalue weighted by atomic mass is 79.9. The summed E-state index contributed by atoms with van der Waals surface area (Å²) in [6.45, 7) is 7.37. The van der Waals surface area contributed by atoms with Gasteiger partial charge in [-0.2, -0.15) is 0 Å². The van der Waals surface area contributed by atoms with Crippen molar-refractivity contribution in [3.8, 4) is 0 Å². The molecule has 0 bridgehead atoms. The molecular formula is C26H56BrNO. The average molecular weight is 479 g/mol. The number of unbranched alkanes of at least 4 members (excludes halogenated alkanes) is 18. The first-order valence-electron chi connectivity index (χ1n) is 13.1. The van der Waals surface area contributed by atoms with Crippen molar-refractivity contribution in [2.75, 3.05) is 27.2 Å². The maximum atomic E-state index is 8.06. The Morgan fingerprint density at radius 1 is 0.414 bits per heavy atom. The zero-order valence-electron chi connectivity index (χ0n) is 20.8. The second-order valence-electron chi connectivity index (χ2n) is 9.75. The van der Waals surface area contributed by atoms with Crippen LogP contribution >= 0.6 is 16.3 Å². The summed E-state index contributed by atoms with van der Waals surface area (Å²) >= 11 is 1.69. The molecule has 0 radical (unpaired) electrons. The minimum Gasteiger partial charge on any atom is -0.791 e. The van der Waals surface area contributed by atoms with Gasteiger partial charge in [-0.25, -0.2) is 16.3 Å². The molecule has 0 amide bonds. The minimum absolute atomic E-state index is 1.24. The Bertz CT molecular complexity index is 258. The molecule has 0 aliphatic heterocycles. The van der Waals surface area contributed by atoms with Gasteiger partial charge < -0.3 is 8.68 Å². The van der Waals surface area contributed by atoms with Gasteiger partial charge in [0.15, 0.2) is 0 Å². The van der Waals surface area contributed by atoms with E-state index < -0.39 is 0 Å². The van der Waals surface area contributed by atoms with Crippen LogP contribution in [0.1, 0.15) is 142 Å². The summed E-state index contributed by atoms with van der Waals surface area (Å²) in [4.78, 5) is 0. The Morgan fingerprint density at radius 3 is 0.862 bits per heavy atom. The van der Waals surface area contributed by atoms with Gasteiger partial charge in [0.2, 0.25) is 0 Å². The van der Waals surface area contributed by atoms with Crippen molar-refractivity contribution >= 4 is 16.3 Å². The van der Waals surface area contributed by atoms with Crippen molar-refractivity contribution in [2.24, 2.45) is 0 Å². The van der Waals surface area contributed by atoms with E-state index in [9.17, 15) is 0 Å². The van der Waals surface area contributed by atoms with Gasteiger partial charge in [0.25, 0.3) is 0 Å². The van der Waals surface area contributed by atoms with E-state index in [-0.39, 0.29) is 0 Å². The zero-order chi connectivity index (χ0) is 22.1. The quantitative estimate of drug-likeness (QED) is 0.113. The highest BCUT2D eigenvalue weighted by molar-refractivity contribution is 9.04. The number of hydrogen-bond donors (Lipinski definition) is 0. The van der Waals surface area contributed by atoms with Crippen molar-refractivity contribution in [3.63, 3.8) is 0 Å². The van der Waals surface area contributed by atoms with Crippen molar-refractivity contribution < 1.29 is 8.68 Å². The molecule has 0 N–H and O–H groups in total. The summed E-state index contributed by atoms with van der Waals surface area (Å²) in [5, 5.41) is 0. The molecule has 29 heavy (non-hydrogen) atoms. The van der Waals surface area contributed by atoms with Gasteiger partial charge >= 0.3 is 0 Å². The van der Waals surface area contributed by atoms with E-state index in [2.05, 4.69) is 27.9 Å². The van der Waals surface area contributed by atoms with Crippen molar-refractivity contribution in [1.29, 1.82) is 0 Å². The Labute approximate surface area is 194 Å². The lowest BCUT2D eigenvalue weighted by Crippen LogP contribution is -2.41. The van der Waals surface area contributed by atoms with Crippen LogP contribution in [0.2, 0.25) is 0 Å². The highest BCUT2D eigenvalue weighted by Crippen LogP contribution is 2.14. The molecule has 0 rings (SSSR count). The Kier molecular flexibility index (Phi) is 28.8. The van der Waals surface area contributed by atoms with Crippen LogP contribution in [0.4, 0.5) is 0 Å². The van der Waals surface area contributed by atoms with Crippen LogP contribution in [0.5, 0.6) is 0 Å². The third-order valence-electron chi connectivity index (χ3n) is 6.23. The van der Waals surface area contributed by atoms with Gasteiger partial charge in [-0.15, -0.1) is 0 Å². The van der Waals surface area contributed by atoms with Crippen LogP contribution in [0.15, 0.2) is 0 Å². The average Bonchev–Trinajstić information content (AvgIpc) is 2.72. The van der Waals surface area contributed by atoms with Crippen LogP contribution in [-0.2, 0) is 0 Å². The summed E-state index contributed by atoms with van der Waals surface area (Å²) in [5.74, 6) is 0. The molecule has 0 aromatic carbocycles. The molecule has 0 saturated carbocycles. The fourth-order valence-corrected chi connectivity index (χ4v) is 4.17. The Hall–Kier alpha value is 0.400. The second-order valence-corrected chi connectivity index (χ2v) is 9.75. The maximum Gasteiger partial charge on any atom is 0.0782 e. The standard InChI is InChI=1S/C26H56N.BrO/c1-5-7-9-11-13-15-17-19-21-23-25-27(3,4)26-24-22-20-18-16-14-12-10-8-6-2;1-2/h5-26H2,1-4H3;/q+1;-1. The molecule has 0 heterocycles. The monoisotopic (exact) mass is 477 g/mol. The lowest BCUT2D eigenvalue weighted by atomic mass is 10.1. The van der Waals surface area contributed by atoms with Crippen LogP contribution in [0, 0.1) is 0 Å². The van der Waals surface area contributed by atoms with Gasteiger partial charge in [0, 0.05) is 0 Å².